The number of hydrogen-bond donors (Lipinski definition) is 2. The smallest absolute Gasteiger partial charge is 0.340 e. The first-order chi connectivity index (χ1) is 13.0. The third kappa shape index (κ3) is 3.31. The molecule has 3 aromatic rings. The molecule has 0 aliphatic carbocycles. The van der Waals surface area contributed by atoms with Crippen LogP contribution in [0.1, 0.15) is 11.1 Å². The normalized spacial score (nSPS) is 12.8. The van der Waals surface area contributed by atoms with Crippen LogP contribution in [0.2, 0.25) is 0 Å². The van der Waals surface area contributed by atoms with Crippen molar-refractivity contribution in [3.05, 3.63) is 57.9 Å². The predicted molar refractivity (Wildman–Crippen MR) is 98.7 cm³/mol. The minimum Gasteiger partial charge on any atom is -0.508 e. The molecule has 1 aliphatic heterocycles. The molecule has 7 nitrogen and oxygen atoms in total. The van der Waals surface area contributed by atoms with Gasteiger partial charge in [0, 0.05) is 23.2 Å². The van der Waals surface area contributed by atoms with Crippen molar-refractivity contribution in [3.63, 3.8) is 0 Å². The van der Waals surface area contributed by atoms with Gasteiger partial charge in [-0.2, -0.15) is 0 Å². The molecule has 1 aliphatic rings. The summed E-state index contributed by atoms with van der Waals surface area (Å²) in [5.41, 5.74) is 1.18. The monoisotopic (exact) mass is 367 g/mol. The molecule has 0 radical (unpaired) electrons. The molecule has 1 amide bonds. The average Bonchev–Trinajstić information content (AvgIpc) is 2.65. The highest BCUT2D eigenvalue weighted by Gasteiger charge is 2.17. The second-order valence-corrected chi connectivity index (χ2v) is 6.26. The van der Waals surface area contributed by atoms with Gasteiger partial charge in [-0.15, -0.1) is 0 Å². The Labute approximate surface area is 154 Å². The molecule has 2 N–H and O–H groups in total. The first kappa shape index (κ1) is 17.0. The number of amides is 1. The number of phenolic OH excluding ortho intramolecular Hbond substituents is 1. The molecule has 0 bridgehead atoms. The highest BCUT2D eigenvalue weighted by molar-refractivity contribution is 5.93. The standard InChI is InChI=1S/C20H17NO6/c1-11-14-4-3-13(22)9-17(14)27-20(24)15(11)10-19(23)21-12-2-5-16-18(8-12)26-7-6-25-16/h2-5,8-9,22H,6-7,10H2,1H3,(H,21,23). The Bertz CT molecular complexity index is 1100. The van der Waals surface area contributed by atoms with Crippen LogP contribution in [-0.4, -0.2) is 24.2 Å². The van der Waals surface area contributed by atoms with Crippen LogP contribution in [0, 0.1) is 6.92 Å². The van der Waals surface area contributed by atoms with Gasteiger partial charge < -0.3 is 24.3 Å². The summed E-state index contributed by atoms with van der Waals surface area (Å²) >= 11 is 0. The summed E-state index contributed by atoms with van der Waals surface area (Å²) in [4.78, 5) is 24.7. The number of nitrogens with one attached hydrogen (secondary N) is 1. The number of aromatic hydroxyl groups is 1. The molecule has 2 aromatic carbocycles. The molecule has 0 saturated heterocycles. The summed E-state index contributed by atoms with van der Waals surface area (Å²) in [7, 11) is 0. The molecule has 0 unspecified atom stereocenters. The number of phenols is 1. The topological polar surface area (TPSA) is 98.0 Å². The van der Waals surface area contributed by atoms with Crippen LogP contribution in [0.25, 0.3) is 11.0 Å². The van der Waals surface area contributed by atoms with Crippen molar-refractivity contribution in [1.29, 1.82) is 0 Å². The molecular weight excluding hydrogens is 350 g/mol. The SMILES string of the molecule is Cc1c(CC(=O)Nc2ccc3c(c2)OCCO3)c(=O)oc2cc(O)ccc12. The zero-order valence-electron chi connectivity index (χ0n) is 14.6. The third-order valence-electron chi connectivity index (χ3n) is 4.43. The maximum Gasteiger partial charge on any atom is 0.340 e. The van der Waals surface area contributed by atoms with Crippen LogP contribution >= 0.6 is 0 Å². The molecule has 138 valence electrons. The van der Waals surface area contributed by atoms with E-state index in [2.05, 4.69) is 5.32 Å². The fourth-order valence-electron chi connectivity index (χ4n) is 3.07. The van der Waals surface area contributed by atoms with Gasteiger partial charge in [0.1, 0.15) is 24.5 Å². The van der Waals surface area contributed by atoms with Gasteiger partial charge >= 0.3 is 5.63 Å². The van der Waals surface area contributed by atoms with E-state index in [-0.39, 0.29) is 29.2 Å². The Morgan fingerprint density at radius 3 is 2.70 bits per heavy atom. The number of carbonyl (C=O) groups excluding carboxylic acids is 1. The van der Waals surface area contributed by atoms with E-state index in [0.29, 0.717) is 41.3 Å². The zero-order valence-corrected chi connectivity index (χ0v) is 14.6. The van der Waals surface area contributed by atoms with Crippen LogP contribution in [0.4, 0.5) is 5.69 Å². The second-order valence-electron chi connectivity index (χ2n) is 6.26. The van der Waals surface area contributed by atoms with Gasteiger partial charge in [-0.3, -0.25) is 4.79 Å². The number of aryl methyl sites for hydroxylation is 1. The van der Waals surface area contributed by atoms with Crippen molar-refractivity contribution in [1.82, 2.24) is 0 Å². The number of ether oxygens (including phenoxy) is 2. The first-order valence-electron chi connectivity index (χ1n) is 8.46. The number of anilines is 1. The number of fused-ring (bicyclic) bond motifs is 2. The van der Waals surface area contributed by atoms with E-state index in [0.717, 1.165) is 0 Å². The summed E-state index contributed by atoms with van der Waals surface area (Å²) < 4.78 is 16.2. The minimum atomic E-state index is -0.595. The van der Waals surface area contributed by atoms with Crippen molar-refractivity contribution in [3.8, 4) is 17.2 Å². The van der Waals surface area contributed by atoms with E-state index in [4.69, 9.17) is 13.9 Å². The summed E-state index contributed by atoms with van der Waals surface area (Å²) in [5, 5.41) is 13.0. The van der Waals surface area contributed by atoms with E-state index >= 15 is 0 Å². The second kappa shape index (κ2) is 6.68. The molecule has 2 heterocycles. The van der Waals surface area contributed by atoms with Gasteiger partial charge in [-0.25, -0.2) is 4.79 Å². The van der Waals surface area contributed by atoms with Crippen LogP contribution in [0.3, 0.4) is 0 Å². The highest BCUT2D eigenvalue weighted by atomic mass is 16.6. The van der Waals surface area contributed by atoms with Crippen molar-refractivity contribution in [2.24, 2.45) is 0 Å². The van der Waals surface area contributed by atoms with Gasteiger partial charge in [0.05, 0.1) is 12.0 Å². The molecule has 27 heavy (non-hydrogen) atoms. The van der Waals surface area contributed by atoms with Crippen LogP contribution in [0.5, 0.6) is 17.2 Å². The predicted octanol–water partition coefficient (Wildman–Crippen LogP) is 2.76. The molecule has 0 atom stereocenters. The molecule has 7 heteroatoms. The Morgan fingerprint density at radius 2 is 1.89 bits per heavy atom. The van der Waals surface area contributed by atoms with Gasteiger partial charge in [-0.1, -0.05) is 0 Å². The van der Waals surface area contributed by atoms with E-state index < -0.39 is 5.63 Å². The van der Waals surface area contributed by atoms with Crippen molar-refractivity contribution in [2.45, 2.75) is 13.3 Å². The lowest BCUT2D eigenvalue weighted by Crippen LogP contribution is -2.21. The van der Waals surface area contributed by atoms with Crippen LogP contribution in [0.15, 0.2) is 45.6 Å². The van der Waals surface area contributed by atoms with E-state index in [1.807, 2.05) is 0 Å². The van der Waals surface area contributed by atoms with Crippen molar-refractivity contribution >= 4 is 22.6 Å². The highest BCUT2D eigenvalue weighted by Crippen LogP contribution is 2.32. The summed E-state index contributed by atoms with van der Waals surface area (Å²) in [5.74, 6) is 0.864. The molecule has 0 spiro atoms. The maximum atomic E-state index is 12.4. The summed E-state index contributed by atoms with van der Waals surface area (Å²) in [6.07, 6.45) is -0.126. The first-order valence-corrected chi connectivity index (χ1v) is 8.46. The lowest BCUT2D eigenvalue weighted by Gasteiger charge is -2.19. The minimum absolute atomic E-state index is 0.00847. The Morgan fingerprint density at radius 1 is 1.11 bits per heavy atom. The van der Waals surface area contributed by atoms with E-state index in [9.17, 15) is 14.7 Å². The van der Waals surface area contributed by atoms with Crippen LogP contribution in [-0.2, 0) is 11.2 Å². The van der Waals surface area contributed by atoms with Gasteiger partial charge in [0.2, 0.25) is 5.91 Å². The quantitative estimate of drug-likeness (QED) is 0.691. The fourth-order valence-corrected chi connectivity index (χ4v) is 3.07. The lowest BCUT2D eigenvalue weighted by molar-refractivity contribution is -0.115. The molecule has 4 rings (SSSR count). The van der Waals surface area contributed by atoms with Gasteiger partial charge in [0.15, 0.2) is 11.5 Å². The van der Waals surface area contributed by atoms with E-state index in [1.54, 1.807) is 31.2 Å². The lowest BCUT2D eigenvalue weighted by atomic mass is 10.0. The third-order valence-corrected chi connectivity index (χ3v) is 4.43. The van der Waals surface area contributed by atoms with Gasteiger partial charge in [-0.05, 0) is 36.8 Å². The van der Waals surface area contributed by atoms with Crippen molar-refractivity contribution in [2.75, 3.05) is 18.5 Å². The molecule has 1 aromatic heterocycles. The molecule has 0 fully saturated rings. The fraction of sp³-hybridized carbons (Fsp3) is 0.200. The number of hydrogen-bond acceptors (Lipinski definition) is 6. The zero-order chi connectivity index (χ0) is 19.0. The Hall–Kier alpha value is -3.48. The largest absolute Gasteiger partial charge is 0.508 e. The van der Waals surface area contributed by atoms with E-state index in [1.165, 1.54) is 12.1 Å². The van der Waals surface area contributed by atoms with Crippen molar-refractivity contribution < 1.29 is 23.8 Å². The number of carbonyl (C=O) groups is 1. The summed E-state index contributed by atoms with van der Waals surface area (Å²) in [6, 6.07) is 9.67. The number of benzene rings is 2. The Kier molecular flexibility index (Phi) is 4.19. The Balaban J connectivity index is 1.58. The van der Waals surface area contributed by atoms with Crippen LogP contribution < -0.4 is 20.4 Å². The molecule has 0 saturated carbocycles. The average molecular weight is 367 g/mol. The molecular formula is C20H17NO6. The maximum absolute atomic E-state index is 12.4. The van der Waals surface area contributed by atoms with Gasteiger partial charge in [0.25, 0.3) is 0 Å². The number of rotatable bonds is 3. The summed E-state index contributed by atoms with van der Waals surface area (Å²) in [6.45, 7) is 2.70.